The van der Waals surface area contributed by atoms with Gasteiger partial charge in [-0.05, 0) is 26.0 Å². The predicted octanol–water partition coefficient (Wildman–Crippen LogP) is 2.35. The van der Waals surface area contributed by atoms with Crippen molar-refractivity contribution in [3.05, 3.63) is 35.4 Å². The van der Waals surface area contributed by atoms with Gasteiger partial charge in [0.15, 0.2) is 0 Å². The van der Waals surface area contributed by atoms with Crippen LogP contribution >= 0.6 is 11.6 Å². The van der Waals surface area contributed by atoms with Gasteiger partial charge < -0.3 is 14.9 Å². The number of hydrogen-bond acceptors (Lipinski definition) is 3. The minimum atomic E-state index is -0.125. The summed E-state index contributed by atoms with van der Waals surface area (Å²) in [6, 6.07) is 9.44. The summed E-state index contributed by atoms with van der Waals surface area (Å²) in [6.45, 7) is 5.42. The van der Waals surface area contributed by atoms with Gasteiger partial charge in [-0.15, -0.1) is 0 Å². The van der Waals surface area contributed by atoms with Crippen LogP contribution in [0.25, 0.3) is 0 Å². The lowest BCUT2D eigenvalue weighted by atomic mass is 10.4. The molecule has 0 unspecified atom stereocenters. The van der Waals surface area contributed by atoms with Gasteiger partial charge in [0.2, 0.25) is 0 Å². The third kappa shape index (κ3) is 19.0. The van der Waals surface area contributed by atoms with Gasteiger partial charge in [-0.2, -0.15) is 0 Å². The van der Waals surface area contributed by atoms with E-state index in [1.54, 1.807) is 0 Å². The van der Waals surface area contributed by atoms with Crippen molar-refractivity contribution in [3.63, 3.8) is 0 Å². The molecule has 0 amide bonds. The predicted molar refractivity (Wildman–Crippen MR) is 67.8 cm³/mol. The van der Waals surface area contributed by atoms with Gasteiger partial charge in [0.1, 0.15) is 0 Å². The van der Waals surface area contributed by atoms with E-state index in [0.29, 0.717) is 0 Å². The highest BCUT2D eigenvalue weighted by Crippen LogP contribution is 2.03. The van der Waals surface area contributed by atoms with Crippen LogP contribution in [-0.2, 0) is 4.74 Å². The van der Waals surface area contributed by atoms with Crippen LogP contribution in [0.5, 0.6) is 0 Å². The highest BCUT2D eigenvalue weighted by atomic mass is 35.5. The van der Waals surface area contributed by atoms with Gasteiger partial charge >= 0.3 is 0 Å². The number of benzene rings is 1. The van der Waals surface area contributed by atoms with Crippen molar-refractivity contribution in [2.75, 3.05) is 26.4 Å². The summed E-state index contributed by atoms with van der Waals surface area (Å²) in [4.78, 5) is 0. The van der Waals surface area contributed by atoms with E-state index in [1.165, 1.54) is 0 Å². The molecule has 0 fully saturated rings. The van der Waals surface area contributed by atoms with Crippen LogP contribution in [0.3, 0.4) is 0 Å². The summed E-state index contributed by atoms with van der Waals surface area (Å²) in [5.41, 5.74) is 0. The molecule has 0 aliphatic heterocycles. The topological polar surface area (TPSA) is 49.7 Å². The average Bonchev–Trinajstić information content (AvgIpc) is 2.32. The van der Waals surface area contributed by atoms with Crippen molar-refractivity contribution in [2.45, 2.75) is 13.8 Å². The molecule has 0 aliphatic carbocycles. The molecule has 0 saturated heterocycles. The first-order valence-corrected chi connectivity index (χ1v) is 5.60. The zero-order chi connectivity index (χ0) is 12.6. The molecular formula is C12H21ClO3. The van der Waals surface area contributed by atoms with Crippen LogP contribution in [0.1, 0.15) is 13.8 Å². The number of rotatable bonds is 3. The Hall–Kier alpha value is -0.610. The van der Waals surface area contributed by atoms with Gasteiger partial charge in [0.25, 0.3) is 0 Å². The SMILES string of the molecule is CCOCC.Clc1ccccc1.OCCO. The summed E-state index contributed by atoms with van der Waals surface area (Å²) >= 11 is 5.54. The zero-order valence-corrected chi connectivity index (χ0v) is 10.7. The molecule has 3 nitrogen and oxygen atoms in total. The minimum absolute atomic E-state index is 0.125. The third-order valence-corrected chi connectivity index (χ3v) is 1.49. The standard InChI is InChI=1S/C6H5Cl.C4H10O.C2H6O2/c7-6-4-2-1-3-5-6;1-3-5-4-2;3-1-2-4/h1-5H;3-4H2,1-2H3;3-4H,1-2H2. The molecule has 94 valence electrons. The minimum Gasteiger partial charge on any atom is -0.394 e. The van der Waals surface area contributed by atoms with E-state index in [4.69, 9.17) is 26.6 Å². The van der Waals surface area contributed by atoms with E-state index in [9.17, 15) is 0 Å². The summed E-state index contributed by atoms with van der Waals surface area (Å²) in [7, 11) is 0. The van der Waals surface area contributed by atoms with Crippen LogP contribution < -0.4 is 0 Å². The number of aliphatic hydroxyl groups excluding tert-OH is 2. The van der Waals surface area contributed by atoms with Crippen LogP contribution in [0.15, 0.2) is 30.3 Å². The first-order valence-electron chi connectivity index (χ1n) is 5.22. The molecule has 0 atom stereocenters. The lowest BCUT2D eigenvalue weighted by Crippen LogP contribution is -1.85. The smallest absolute Gasteiger partial charge is 0.0662 e. The summed E-state index contributed by atoms with van der Waals surface area (Å²) in [5.74, 6) is 0. The van der Waals surface area contributed by atoms with Crippen molar-refractivity contribution in [2.24, 2.45) is 0 Å². The third-order valence-electron chi connectivity index (χ3n) is 1.24. The monoisotopic (exact) mass is 248 g/mol. The van der Waals surface area contributed by atoms with E-state index >= 15 is 0 Å². The van der Waals surface area contributed by atoms with Crippen LogP contribution in [0.2, 0.25) is 5.02 Å². The molecule has 1 aromatic carbocycles. The van der Waals surface area contributed by atoms with Crippen molar-refractivity contribution >= 4 is 11.6 Å². The van der Waals surface area contributed by atoms with Crippen LogP contribution in [-0.4, -0.2) is 36.6 Å². The fourth-order valence-corrected chi connectivity index (χ4v) is 0.764. The molecule has 0 radical (unpaired) electrons. The Morgan fingerprint density at radius 3 is 1.56 bits per heavy atom. The van der Waals surface area contributed by atoms with Crippen molar-refractivity contribution < 1.29 is 14.9 Å². The zero-order valence-electron chi connectivity index (χ0n) is 9.90. The molecule has 0 bridgehead atoms. The molecule has 2 N–H and O–H groups in total. The Kier molecular flexibility index (Phi) is 18.7. The highest BCUT2D eigenvalue weighted by Gasteiger charge is 1.74. The van der Waals surface area contributed by atoms with Crippen molar-refractivity contribution in [1.29, 1.82) is 0 Å². The van der Waals surface area contributed by atoms with E-state index < -0.39 is 0 Å². The second kappa shape index (κ2) is 16.8. The van der Waals surface area contributed by atoms with Crippen molar-refractivity contribution in [1.82, 2.24) is 0 Å². The first kappa shape index (κ1) is 17.8. The molecule has 0 saturated carbocycles. The molecule has 1 rings (SSSR count). The van der Waals surface area contributed by atoms with Gasteiger partial charge in [0.05, 0.1) is 13.2 Å². The summed E-state index contributed by atoms with van der Waals surface area (Å²) in [6.07, 6.45) is 0. The van der Waals surface area contributed by atoms with E-state index in [-0.39, 0.29) is 13.2 Å². The first-order chi connectivity index (χ1) is 7.72. The molecule has 1 aromatic rings. The van der Waals surface area contributed by atoms with Gasteiger partial charge in [-0.3, -0.25) is 0 Å². The van der Waals surface area contributed by atoms with Crippen LogP contribution in [0, 0.1) is 0 Å². The van der Waals surface area contributed by atoms with E-state index in [0.717, 1.165) is 18.2 Å². The fourth-order valence-electron chi connectivity index (χ4n) is 0.619. The maximum Gasteiger partial charge on any atom is 0.0662 e. The maximum absolute atomic E-state index is 7.62. The van der Waals surface area contributed by atoms with Gasteiger partial charge in [-0.25, -0.2) is 0 Å². The second-order valence-electron chi connectivity index (χ2n) is 2.52. The lowest BCUT2D eigenvalue weighted by Gasteiger charge is -1.86. The normalized spacial score (nSPS) is 8.31. The Morgan fingerprint density at radius 1 is 1.00 bits per heavy atom. The summed E-state index contributed by atoms with van der Waals surface area (Å²) in [5, 5.41) is 16.0. The Morgan fingerprint density at radius 2 is 1.44 bits per heavy atom. The quantitative estimate of drug-likeness (QED) is 0.864. The number of ether oxygens (including phenoxy) is 1. The Bertz CT molecular complexity index is 201. The maximum atomic E-state index is 7.62. The summed E-state index contributed by atoms with van der Waals surface area (Å²) < 4.78 is 4.83. The average molecular weight is 249 g/mol. The van der Waals surface area contributed by atoms with Crippen LogP contribution in [0.4, 0.5) is 0 Å². The molecule has 0 aromatic heterocycles. The number of hydrogen-bond donors (Lipinski definition) is 2. The van der Waals surface area contributed by atoms with Crippen molar-refractivity contribution in [3.8, 4) is 0 Å². The highest BCUT2D eigenvalue weighted by molar-refractivity contribution is 6.30. The van der Waals surface area contributed by atoms with E-state index in [1.807, 2.05) is 44.2 Å². The second-order valence-corrected chi connectivity index (χ2v) is 2.96. The molecule has 0 spiro atoms. The fraction of sp³-hybridized carbons (Fsp3) is 0.500. The molecule has 4 heteroatoms. The van der Waals surface area contributed by atoms with Gasteiger partial charge in [-0.1, -0.05) is 29.8 Å². The largest absolute Gasteiger partial charge is 0.394 e. The molecule has 0 heterocycles. The molecule has 0 aliphatic rings. The van der Waals surface area contributed by atoms with E-state index in [2.05, 4.69) is 0 Å². The number of aliphatic hydroxyl groups is 2. The molecule has 16 heavy (non-hydrogen) atoms. The number of halogens is 1. The van der Waals surface area contributed by atoms with Gasteiger partial charge in [0, 0.05) is 18.2 Å². The molecular weight excluding hydrogens is 228 g/mol. The Balaban J connectivity index is 0. The lowest BCUT2D eigenvalue weighted by molar-refractivity contribution is 0.162. The Labute approximate surface area is 103 Å².